The van der Waals surface area contributed by atoms with Gasteiger partial charge < -0.3 is 5.32 Å². The minimum atomic E-state index is -0.0632. The first-order valence-corrected chi connectivity index (χ1v) is 12.3. The van der Waals surface area contributed by atoms with E-state index in [1.54, 1.807) is 11.8 Å². The molecule has 0 aliphatic heterocycles. The standard InChI is InChI=1S/C25H22N4OS2/c30-23(26-21-13-7-8-14-22(21)32-20-11-5-2-6-12-20)17-31-25-28-27-24(18-15-16-18)29(25)19-9-3-1-4-10-19/h1-14,18H,15-17H2,(H,26,30). The number of benzene rings is 3. The molecule has 1 aliphatic rings. The zero-order valence-electron chi connectivity index (χ0n) is 17.3. The third-order valence-corrected chi connectivity index (χ3v) is 7.09. The number of hydrogen-bond acceptors (Lipinski definition) is 5. The van der Waals surface area contributed by atoms with Crippen molar-refractivity contribution in [1.82, 2.24) is 14.8 Å². The van der Waals surface area contributed by atoms with Gasteiger partial charge in [0.15, 0.2) is 5.16 Å². The monoisotopic (exact) mass is 458 g/mol. The lowest BCUT2D eigenvalue weighted by molar-refractivity contribution is -0.113. The van der Waals surface area contributed by atoms with Crippen LogP contribution in [-0.2, 0) is 4.79 Å². The van der Waals surface area contributed by atoms with E-state index in [4.69, 9.17) is 0 Å². The van der Waals surface area contributed by atoms with Gasteiger partial charge in [0.1, 0.15) is 5.82 Å². The summed E-state index contributed by atoms with van der Waals surface area (Å²) in [6.45, 7) is 0. The van der Waals surface area contributed by atoms with Crippen molar-refractivity contribution in [3.05, 3.63) is 90.8 Å². The summed E-state index contributed by atoms with van der Waals surface area (Å²) in [5.41, 5.74) is 1.85. The molecule has 3 aromatic carbocycles. The van der Waals surface area contributed by atoms with Gasteiger partial charge in [0, 0.05) is 21.4 Å². The molecule has 0 spiro atoms. The average molecular weight is 459 g/mol. The van der Waals surface area contributed by atoms with Gasteiger partial charge in [-0.25, -0.2) is 0 Å². The molecule has 1 aliphatic carbocycles. The van der Waals surface area contributed by atoms with Gasteiger partial charge in [-0.1, -0.05) is 72.1 Å². The molecular formula is C25H22N4OS2. The van der Waals surface area contributed by atoms with Gasteiger partial charge in [-0.05, 0) is 49.2 Å². The Balaban J connectivity index is 1.29. The lowest BCUT2D eigenvalue weighted by Gasteiger charge is -2.12. The predicted molar refractivity (Wildman–Crippen MR) is 130 cm³/mol. The van der Waals surface area contributed by atoms with Crippen molar-refractivity contribution in [1.29, 1.82) is 0 Å². The van der Waals surface area contributed by atoms with Crippen LogP contribution in [0.2, 0.25) is 0 Å². The molecule has 0 radical (unpaired) electrons. The van der Waals surface area contributed by atoms with Gasteiger partial charge in [-0.3, -0.25) is 9.36 Å². The first-order valence-electron chi connectivity index (χ1n) is 10.5. The number of rotatable bonds is 8. The normalized spacial score (nSPS) is 13.1. The van der Waals surface area contributed by atoms with E-state index >= 15 is 0 Å². The Labute approximate surface area is 195 Å². The summed E-state index contributed by atoms with van der Waals surface area (Å²) in [4.78, 5) is 14.9. The quantitative estimate of drug-likeness (QED) is 0.327. The minimum absolute atomic E-state index is 0.0632. The fourth-order valence-electron chi connectivity index (χ4n) is 3.39. The Morgan fingerprint density at radius 1 is 0.906 bits per heavy atom. The summed E-state index contributed by atoms with van der Waals surface area (Å²) in [5.74, 6) is 1.66. The molecule has 1 aromatic heterocycles. The fraction of sp³-hybridized carbons (Fsp3) is 0.160. The van der Waals surface area contributed by atoms with E-state index in [1.807, 2.05) is 60.7 Å². The van der Waals surface area contributed by atoms with E-state index in [0.717, 1.165) is 45.0 Å². The Morgan fingerprint density at radius 2 is 1.59 bits per heavy atom. The van der Waals surface area contributed by atoms with Crippen LogP contribution in [0.15, 0.2) is 99.9 Å². The lowest BCUT2D eigenvalue weighted by atomic mass is 10.3. The Hall–Kier alpha value is -3.03. The molecular weight excluding hydrogens is 436 g/mol. The number of para-hydroxylation sites is 2. The third-order valence-electron chi connectivity index (χ3n) is 5.08. The molecule has 0 bridgehead atoms. The van der Waals surface area contributed by atoms with Crippen LogP contribution in [-0.4, -0.2) is 26.4 Å². The van der Waals surface area contributed by atoms with E-state index in [-0.39, 0.29) is 11.7 Å². The molecule has 1 saturated carbocycles. The summed E-state index contributed by atoms with van der Waals surface area (Å²) in [6.07, 6.45) is 2.29. The van der Waals surface area contributed by atoms with Crippen molar-refractivity contribution in [2.45, 2.75) is 33.7 Å². The highest BCUT2D eigenvalue weighted by Gasteiger charge is 2.31. The van der Waals surface area contributed by atoms with Crippen molar-refractivity contribution in [2.75, 3.05) is 11.1 Å². The largest absolute Gasteiger partial charge is 0.324 e. The molecule has 1 heterocycles. The van der Waals surface area contributed by atoms with Crippen LogP contribution in [0.3, 0.4) is 0 Å². The van der Waals surface area contributed by atoms with Crippen LogP contribution in [0.5, 0.6) is 0 Å². The number of hydrogen-bond donors (Lipinski definition) is 1. The molecule has 7 heteroatoms. The van der Waals surface area contributed by atoms with E-state index < -0.39 is 0 Å². The Kier molecular flexibility index (Phi) is 6.27. The van der Waals surface area contributed by atoms with Crippen LogP contribution in [0, 0.1) is 0 Å². The Morgan fingerprint density at radius 3 is 2.34 bits per heavy atom. The molecule has 1 fully saturated rings. The fourth-order valence-corrected chi connectivity index (χ4v) is 5.07. The first-order chi connectivity index (χ1) is 15.8. The highest BCUT2D eigenvalue weighted by Crippen LogP contribution is 2.41. The highest BCUT2D eigenvalue weighted by atomic mass is 32.2. The number of nitrogens with zero attached hydrogens (tertiary/aromatic N) is 3. The number of aromatic nitrogens is 3. The van der Waals surface area contributed by atoms with Gasteiger partial charge in [0.25, 0.3) is 0 Å². The first kappa shape index (κ1) is 20.8. The van der Waals surface area contributed by atoms with Crippen LogP contribution in [0.4, 0.5) is 5.69 Å². The van der Waals surface area contributed by atoms with Gasteiger partial charge in [-0.15, -0.1) is 10.2 Å². The van der Waals surface area contributed by atoms with Crippen molar-refractivity contribution in [2.24, 2.45) is 0 Å². The maximum absolute atomic E-state index is 12.8. The van der Waals surface area contributed by atoms with E-state index in [1.165, 1.54) is 11.8 Å². The van der Waals surface area contributed by atoms with Gasteiger partial charge in [0.05, 0.1) is 11.4 Å². The molecule has 1 N–H and O–H groups in total. The molecule has 5 nitrogen and oxygen atoms in total. The second-order valence-electron chi connectivity index (χ2n) is 7.53. The van der Waals surface area contributed by atoms with Crippen LogP contribution in [0.25, 0.3) is 5.69 Å². The number of thioether (sulfide) groups is 1. The number of carbonyl (C=O) groups excluding carboxylic acids is 1. The smallest absolute Gasteiger partial charge is 0.234 e. The summed E-state index contributed by atoms with van der Waals surface area (Å²) in [5, 5.41) is 12.6. The van der Waals surface area contributed by atoms with Crippen LogP contribution < -0.4 is 5.32 Å². The molecule has 5 rings (SSSR count). The second kappa shape index (κ2) is 9.63. The summed E-state index contributed by atoms with van der Waals surface area (Å²) < 4.78 is 2.09. The highest BCUT2D eigenvalue weighted by molar-refractivity contribution is 8.00. The zero-order valence-corrected chi connectivity index (χ0v) is 19.0. The van der Waals surface area contributed by atoms with E-state index in [2.05, 4.69) is 44.3 Å². The van der Waals surface area contributed by atoms with E-state index in [9.17, 15) is 4.79 Å². The molecule has 32 heavy (non-hydrogen) atoms. The SMILES string of the molecule is O=C(CSc1nnc(C2CC2)n1-c1ccccc1)Nc1ccccc1Sc1ccccc1. The summed E-state index contributed by atoms with van der Waals surface area (Å²) in [7, 11) is 0. The maximum Gasteiger partial charge on any atom is 0.234 e. The average Bonchev–Trinajstić information content (AvgIpc) is 3.59. The summed E-state index contributed by atoms with van der Waals surface area (Å²) >= 11 is 3.05. The number of nitrogens with one attached hydrogen (secondary N) is 1. The predicted octanol–water partition coefficient (Wildman–Crippen LogP) is 6.03. The molecule has 160 valence electrons. The minimum Gasteiger partial charge on any atom is -0.324 e. The van der Waals surface area contributed by atoms with Crippen LogP contribution >= 0.6 is 23.5 Å². The van der Waals surface area contributed by atoms with Crippen LogP contribution in [0.1, 0.15) is 24.6 Å². The second-order valence-corrected chi connectivity index (χ2v) is 9.59. The van der Waals surface area contributed by atoms with Crippen molar-refractivity contribution < 1.29 is 4.79 Å². The lowest BCUT2D eigenvalue weighted by Crippen LogP contribution is -2.15. The number of anilines is 1. The van der Waals surface area contributed by atoms with Crippen molar-refractivity contribution in [3.63, 3.8) is 0 Å². The third kappa shape index (κ3) is 4.89. The molecule has 0 saturated heterocycles. The maximum atomic E-state index is 12.8. The van der Waals surface area contributed by atoms with Crippen molar-refractivity contribution >= 4 is 35.1 Å². The molecule has 4 aromatic rings. The summed E-state index contributed by atoms with van der Waals surface area (Å²) in [6, 6.07) is 28.1. The van der Waals surface area contributed by atoms with E-state index in [0.29, 0.717) is 5.92 Å². The van der Waals surface area contributed by atoms with Gasteiger partial charge >= 0.3 is 0 Å². The Bertz CT molecular complexity index is 1210. The number of carbonyl (C=O) groups is 1. The number of amides is 1. The van der Waals surface area contributed by atoms with Gasteiger partial charge in [0.2, 0.25) is 5.91 Å². The molecule has 1 amide bonds. The topological polar surface area (TPSA) is 59.8 Å². The zero-order chi connectivity index (χ0) is 21.8. The molecule has 0 atom stereocenters. The molecule has 0 unspecified atom stereocenters. The van der Waals surface area contributed by atoms with Gasteiger partial charge in [-0.2, -0.15) is 0 Å². The van der Waals surface area contributed by atoms with Crippen molar-refractivity contribution in [3.8, 4) is 5.69 Å².